The molecule has 1 atom stereocenters. The second-order valence-corrected chi connectivity index (χ2v) is 3.10. The van der Waals surface area contributed by atoms with Crippen LogP contribution in [0.1, 0.15) is 0 Å². The number of hydrazone groups is 1. The lowest BCUT2D eigenvalue weighted by Gasteiger charge is -2.18. The van der Waals surface area contributed by atoms with Crippen molar-refractivity contribution >= 4 is 22.8 Å². The number of nitrogens with one attached hydrogen (secondary N) is 1. The molecular formula is C4H6N4O2S. The first-order valence-electron chi connectivity index (χ1n) is 2.94. The minimum absolute atomic E-state index is 0.262. The number of hydrogen-bond acceptors (Lipinski definition) is 6. The topological polar surface area (TPSA) is 83.2 Å². The van der Waals surface area contributed by atoms with E-state index < -0.39 is 6.35 Å². The molecule has 0 bridgehead atoms. The van der Waals surface area contributed by atoms with Gasteiger partial charge in [-0.3, -0.25) is 15.5 Å². The summed E-state index contributed by atoms with van der Waals surface area (Å²) < 4.78 is 0. The van der Waals surface area contributed by atoms with Crippen molar-refractivity contribution in [1.82, 2.24) is 10.1 Å². The minimum atomic E-state index is -1.22. The molecular weight excluding hydrogens is 168 g/mol. The molecule has 1 unspecified atom stereocenters. The fourth-order valence-electron chi connectivity index (χ4n) is 0.945. The van der Waals surface area contributed by atoms with Crippen molar-refractivity contribution in [3.63, 3.8) is 0 Å². The van der Waals surface area contributed by atoms with Gasteiger partial charge in [0.2, 0.25) is 0 Å². The Morgan fingerprint density at radius 3 is 3.09 bits per heavy atom. The fourth-order valence-corrected chi connectivity index (χ4v) is 1.84. The average molecular weight is 174 g/mol. The van der Waals surface area contributed by atoms with Gasteiger partial charge in [0.25, 0.3) is 6.35 Å². The molecule has 0 spiro atoms. The highest BCUT2D eigenvalue weighted by Crippen LogP contribution is 2.27. The summed E-state index contributed by atoms with van der Waals surface area (Å²) in [5.41, 5.74) is 0. The lowest BCUT2D eigenvalue weighted by molar-refractivity contribution is -0.209. The quantitative estimate of drug-likeness (QED) is 0.450. The Kier molecular flexibility index (Phi) is 1.31. The highest BCUT2D eigenvalue weighted by Gasteiger charge is 2.39. The monoisotopic (exact) mass is 174 g/mol. The fraction of sp³-hybridized carbons (Fsp3) is 0.500. The van der Waals surface area contributed by atoms with Crippen LogP contribution in [0, 0.1) is 5.41 Å². The second kappa shape index (κ2) is 2.10. The summed E-state index contributed by atoms with van der Waals surface area (Å²) in [4.78, 5) is 1.27. The van der Waals surface area contributed by atoms with Crippen LogP contribution in [-0.2, 0) is 0 Å². The van der Waals surface area contributed by atoms with Crippen LogP contribution in [0.15, 0.2) is 5.10 Å². The molecule has 2 aliphatic heterocycles. The first-order chi connectivity index (χ1) is 5.20. The molecule has 2 rings (SSSR count). The van der Waals surface area contributed by atoms with Gasteiger partial charge in [-0.1, -0.05) is 11.8 Å². The van der Waals surface area contributed by atoms with Crippen LogP contribution >= 0.6 is 11.8 Å². The van der Waals surface area contributed by atoms with Crippen molar-refractivity contribution < 1.29 is 10.3 Å². The molecule has 0 aromatic heterocycles. The lowest BCUT2D eigenvalue weighted by Crippen LogP contribution is -2.41. The van der Waals surface area contributed by atoms with Crippen LogP contribution in [0.5, 0.6) is 0 Å². The van der Waals surface area contributed by atoms with Gasteiger partial charge in [-0.25, -0.2) is 0 Å². The highest BCUT2D eigenvalue weighted by atomic mass is 32.2. The number of rotatable bonds is 0. The smallest absolute Gasteiger partial charge is 0.255 e. The predicted molar refractivity (Wildman–Crippen MR) is 39.1 cm³/mol. The van der Waals surface area contributed by atoms with Crippen molar-refractivity contribution in [1.29, 1.82) is 5.41 Å². The van der Waals surface area contributed by atoms with Crippen molar-refractivity contribution in [3.8, 4) is 0 Å². The third-order valence-electron chi connectivity index (χ3n) is 1.46. The molecule has 0 amide bonds. The molecule has 0 aromatic carbocycles. The summed E-state index contributed by atoms with van der Waals surface area (Å²) in [6.45, 7) is 0. The van der Waals surface area contributed by atoms with E-state index >= 15 is 0 Å². The number of aliphatic hydroxyl groups is 1. The van der Waals surface area contributed by atoms with Gasteiger partial charge in [-0.2, -0.15) is 0 Å². The minimum Gasteiger partial charge on any atom is -0.353 e. The van der Waals surface area contributed by atoms with Gasteiger partial charge >= 0.3 is 0 Å². The molecule has 11 heavy (non-hydrogen) atoms. The molecule has 7 heteroatoms. The van der Waals surface area contributed by atoms with Gasteiger partial charge in [0.1, 0.15) is 5.84 Å². The molecule has 0 aliphatic carbocycles. The molecule has 0 radical (unpaired) electrons. The molecule has 0 aromatic rings. The first kappa shape index (κ1) is 6.89. The zero-order chi connectivity index (χ0) is 8.01. The molecule has 1 fully saturated rings. The maximum absolute atomic E-state index is 9.17. The van der Waals surface area contributed by atoms with Crippen LogP contribution in [0.3, 0.4) is 0 Å². The Hall–Kier alpha value is -0.790. The summed E-state index contributed by atoms with van der Waals surface area (Å²) in [5, 5.41) is 29.9. The number of nitrogens with zero attached hydrogens (tertiary/aromatic N) is 3. The Balaban J connectivity index is 2.31. The molecule has 2 heterocycles. The van der Waals surface area contributed by atoms with Gasteiger partial charge in [-0.15, -0.1) is 10.3 Å². The lowest BCUT2D eigenvalue weighted by atomic mass is 10.6. The highest BCUT2D eigenvalue weighted by molar-refractivity contribution is 8.15. The van der Waals surface area contributed by atoms with Gasteiger partial charge in [0, 0.05) is 0 Å². The van der Waals surface area contributed by atoms with E-state index in [0.29, 0.717) is 16.1 Å². The second-order valence-electron chi connectivity index (χ2n) is 2.15. The average Bonchev–Trinajstić information content (AvgIpc) is 2.41. The van der Waals surface area contributed by atoms with Gasteiger partial charge in [-0.05, 0) is 0 Å². The van der Waals surface area contributed by atoms with Crippen molar-refractivity contribution in [3.05, 3.63) is 0 Å². The number of thioether (sulfide) groups is 1. The Morgan fingerprint density at radius 2 is 2.45 bits per heavy atom. The van der Waals surface area contributed by atoms with E-state index in [-0.39, 0.29) is 5.84 Å². The van der Waals surface area contributed by atoms with Gasteiger partial charge < -0.3 is 5.11 Å². The van der Waals surface area contributed by atoms with Crippen LogP contribution in [-0.4, -0.2) is 43.5 Å². The Morgan fingerprint density at radius 1 is 1.73 bits per heavy atom. The van der Waals surface area contributed by atoms with E-state index in [1.165, 1.54) is 16.7 Å². The molecule has 3 N–H and O–H groups in total. The Bertz CT molecular complexity index is 242. The summed E-state index contributed by atoms with van der Waals surface area (Å²) in [6.07, 6.45) is -1.22. The van der Waals surface area contributed by atoms with Crippen molar-refractivity contribution in [2.75, 3.05) is 5.75 Å². The number of amidine groups is 2. The number of fused-ring (bicyclic) bond motifs is 1. The largest absolute Gasteiger partial charge is 0.353 e. The number of aliphatic hydroxyl groups excluding tert-OH is 1. The molecule has 0 saturated carbocycles. The van der Waals surface area contributed by atoms with E-state index in [4.69, 9.17) is 10.6 Å². The zero-order valence-corrected chi connectivity index (χ0v) is 6.25. The van der Waals surface area contributed by atoms with E-state index in [1.54, 1.807) is 0 Å². The van der Waals surface area contributed by atoms with Gasteiger partial charge in [0.15, 0.2) is 5.17 Å². The number of hydroxylamine groups is 1. The SMILES string of the molecule is N=C1CSC2=NN(O)C(O)N12. The summed E-state index contributed by atoms with van der Waals surface area (Å²) in [6, 6.07) is 0. The van der Waals surface area contributed by atoms with Crippen LogP contribution in [0.25, 0.3) is 0 Å². The Labute approximate surface area is 66.6 Å². The normalized spacial score (nSPS) is 29.5. The maximum atomic E-state index is 9.17. The predicted octanol–water partition coefficient (Wildman–Crippen LogP) is -0.736. The zero-order valence-electron chi connectivity index (χ0n) is 5.43. The third kappa shape index (κ3) is 0.817. The van der Waals surface area contributed by atoms with Crippen LogP contribution in [0.2, 0.25) is 0 Å². The van der Waals surface area contributed by atoms with Crippen LogP contribution < -0.4 is 0 Å². The van der Waals surface area contributed by atoms with Crippen molar-refractivity contribution in [2.45, 2.75) is 6.35 Å². The molecule has 60 valence electrons. The number of hydrogen-bond donors (Lipinski definition) is 3. The van der Waals surface area contributed by atoms with Gasteiger partial charge in [0.05, 0.1) is 5.75 Å². The molecule has 6 nitrogen and oxygen atoms in total. The van der Waals surface area contributed by atoms with E-state index in [0.717, 1.165) is 0 Å². The first-order valence-corrected chi connectivity index (χ1v) is 3.93. The maximum Gasteiger partial charge on any atom is 0.255 e. The molecule has 2 aliphatic rings. The summed E-state index contributed by atoms with van der Waals surface area (Å²) in [7, 11) is 0. The van der Waals surface area contributed by atoms with Crippen LogP contribution in [0.4, 0.5) is 0 Å². The van der Waals surface area contributed by atoms with E-state index in [1.807, 2.05) is 0 Å². The van der Waals surface area contributed by atoms with Crippen molar-refractivity contribution in [2.24, 2.45) is 5.10 Å². The molecule has 1 saturated heterocycles. The third-order valence-corrected chi connectivity index (χ3v) is 2.41. The summed E-state index contributed by atoms with van der Waals surface area (Å²) in [5.74, 6) is 0.766. The summed E-state index contributed by atoms with van der Waals surface area (Å²) >= 11 is 1.32. The van der Waals surface area contributed by atoms with E-state index in [9.17, 15) is 5.11 Å². The van der Waals surface area contributed by atoms with E-state index in [2.05, 4.69) is 5.10 Å². The standard InChI is InChI=1S/C4H6N4O2S/c5-2-1-11-3-6-8(10)4(9)7(2)3/h4-5,9-10H,1H2.